The maximum absolute atomic E-state index is 11.5. The molecule has 3 nitrogen and oxygen atoms in total. The van der Waals surface area contributed by atoms with Crippen molar-refractivity contribution in [2.24, 2.45) is 0 Å². The van der Waals surface area contributed by atoms with E-state index in [-0.39, 0.29) is 17.7 Å². The summed E-state index contributed by atoms with van der Waals surface area (Å²) >= 11 is 0. The van der Waals surface area contributed by atoms with E-state index >= 15 is 0 Å². The molecule has 15 heavy (non-hydrogen) atoms. The van der Waals surface area contributed by atoms with Gasteiger partial charge in [0.1, 0.15) is 6.04 Å². The lowest BCUT2D eigenvalue weighted by Gasteiger charge is -2.37. The smallest absolute Gasteiger partial charge is 0.225 e. The van der Waals surface area contributed by atoms with Crippen LogP contribution in [0.1, 0.15) is 24.9 Å². The Bertz CT molecular complexity index is 386. The molecular weight excluding hydrogens is 190 g/mol. The maximum Gasteiger partial charge on any atom is 0.225 e. The highest BCUT2D eigenvalue weighted by Crippen LogP contribution is 2.27. The molecule has 1 fully saturated rings. The standard InChI is InChI=1S/C12H13NO2/c1-9(14)12(13-8-7-11(13)15)10-5-3-2-4-6-10/h2-6,12H,7-8H2,1H3/t12-/m0/s1. The van der Waals surface area contributed by atoms with Crippen LogP contribution in [0.5, 0.6) is 0 Å². The van der Waals surface area contributed by atoms with Crippen LogP contribution in [0.15, 0.2) is 30.3 Å². The van der Waals surface area contributed by atoms with Gasteiger partial charge >= 0.3 is 0 Å². The van der Waals surface area contributed by atoms with E-state index in [1.807, 2.05) is 30.3 Å². The van der Waals surface area contributed by atoms with Crippen LogP contribution >= 0.6 is 0 Å². The number of likely N-dealkylation sites (tertiary alicyclic amines) is 1. The second-order valence-corrected chi connectivity index (χ2v) is 3.76. The number of rotatable bonds is 3. The Labute approximate surface area is 88.7 Å². The summed E-state index contributed by atoms with van der Waals surface area (Å²) in [6.45, 7) is 2.22. The molecule has 1 atom stereocenters. The number of nitrogens with zero attached hydrogens (tertiary/aromatic N) is 1. The summed E-state index contributed by atoms with van der Waals surface area (Å²) in [5, 5.41) is 0. The summed E-state index contributed by atoms with van der Waals surface area (Å²) in [4.78, 5) is 24.5. The molecule has 0 N–H and O–H groups in total. The van der Waals surface area contributed by atoms with Crippen LogP contribution in [-0.4, -0.2) is 23.1 Å². The second kappa shape index (κ2) is 3.85. The summed E-state index contributed by atoms with van der Waals surface area (Å²) in [5.41, 5.74) is 0.901. The van der Waals surface area contributed by atoms with Crippen LogP contribution in [-0.2, 0) is 9.59 Å². The molecule has 1 aliphatic rings. The van der Waals surface area contributed by atoms with Crippen molar-refractivity contribution in [2.75, 3.05) is 6.54 Å². The van der Waals surface area contributed by atoms with E-state index in [4.69, 9.17) is 0 Å². The average molecular weight is 203 g/mol. The third kappa shape index (κ3) is 1.77. The van der Waals surface area contributed by atoms with Crippen LogP contribution < -0.4 is 0 Å². The molecular formula is C12H13NO2. The highest BCUT2D eigenvalue weighted by atomic mass is 16.2. The molecule has 1 aromatic carbocycles. The van der Waals surface area contributed by atoms with Crippen LogP contribution in [0.3, 0.4) is 0 Å². The van der Waals surface area contributed by atoms with Gasteiger partial charge in [-0.25, -0.2) is 0 Å². The van der Waals surface area contributed by atoms with Crippen molar-refractivity contribution in [1.82, 2.24) is 4.90 Å². The molecule has 1 amide bonds. The van der Waals surface area contributed by atoms with E-state index in [1.165, 1.54) is 6.92 Å². The molecule has 0 radical (unpaired) electrons. The summed E-state index contributed by atoms with van der Waals surface area (Å²) < 4.78 is 0. The first kappa shape index (κ1) is 9.90. The lowest BCUT2D eigenvalue weighted by molar-refractivity contribution is -0.147. The van der Waals surface area contributed by atoms with Gasteiger partial charge in [-0.05, 0) is 12.5 Å². The molecule has 2 rings (SSSR count). The topological polar surface area (TPSA) is 37.4 Å². The van der Waals surface area contributed by atoms with Gasteiger partial charge < -0.3 is 4.90 Å². The third-order valence-corrected chi connectivity index (χ3v) is 2.70. The molecule has 1 aromatic rings. The van der Waals surface area contributed by atoms with Crippen molar-refractivity contribution < 1.29 is 9.59 Å². The van der Waals surface area contributed by atoms with Crippen molar-refractivity contribution in [3.8, 4) is 0 Å². The first-order valence-corrected chi connectivity index (χ1v) is 5.05. The minimum absolute atomic E-state index is 0.0225. The van der Waals surface area contributed by atoms with Gasteiger partial charge in [0.25, 0.3) is 0 Å². The van der Waals surface area contributed by atoms with Crippen molar-refractivity contribution >= 4 is 11.7 Å². The van der Waals surface area contributed by atoms with Gasteiger partial charge in [-0.2, -0.15) is 0 Å². The molecule has 0 aromatic heterocycles. The Kier molecular flexibility index (Phi) is 2.54. The number of carbonyl (C=O) groups excluding carboxylic acids is 2. The zero-order valence-electron chi connectivity index (χ0n) is 8.64. The number of ketones is 1. The van der Waals surface area contributed by atoms with Gasteiger partial charge in [-0.15, -0.1) is 0 Å². The van der Waals surface area contributed by atoms with E-state index in [0.29, 0.717) is 13.0 Å². The fraction of sp³-hybridized carbons (Fsp3) is 0.333. The number of amides is 1. The molecule has 0 bridgehead atoms. The van der Waals surface area contributed by atoms with Crippen LogP contribution in [0.2, 0.25) is 0 Å². The number of hydrogen-bond acceptors (Lipinski definition) is 2. The van der Waals surface area contributed by atoms with Crippen LogP contribution in [0, 0.1) is 0 Å². The van der Waals surface area contributed by atoms with Crippen molar-refractivity contribution in [3.63, 3.8) is 0 Å². The zero-order chi connectivity index (χ0) is 10.8. The summed E-state index contributed by atoms with van der Waals surface area (Å²) in [7, 11) is 0. The summed E-state index contributed by atoms with van der Waals surface area (Å²) in [6, 6.07) is 9.06. The summed E-state index contributed by atoms with van der Waals surface area (Å²) in [6.07, 6.45) is 0.566. The van der Waals surface area contributed by atoms with Gasteiger partial charge in [0.2, 0.25) is 5.91 Å². The molecule has 1 aliphatic heterocycles. The van der Waals surface area contributed by atoms with Gasteiger partial charge in [0.05, 0.1) is 0 Å². The Morgan fingerprint density at radius 1 is 1.33 bits per heavy atom. The molecule has 0 aliphatic carbocycles. The highest BCUT2D eigenvalue weighted by Gasteiger charge is 2.34. The molecule has 78 valence electrons. The van der Waals surface area contributed by atoms with E-state index in [1.54, 1.807) is 4.90 Å². The number of hydrogen-bond donors (Lipinski definition) is 0. The van der Waals surface area contributed by atoms with Gasteiger partial charge in [-0.3, -0.25) is 9.59 Å². The number of benzene rings is 1. The van der Waals surface area contributed by atoms with Crippen LogP contribution in [0.4, 0.5) is 0 Å². The van der Waals surface area contributed by atoms with E-state index in [2.05, 4.69) is 0 Å². The zero-order valence-corrected chi connectivity index (χ0v) is 8.64. The van der Waals surface area contributed by atoms with Crippen LogP contribution in [0.25, 0.3) is 0 Å². The lowest BCUT2D eigenvalue weighted by Crippen LogP contribution is -2.47. The normalized spacial score (nSPS) is 17.1. The predicted molar refractivity (Wildman–Crippen MR) is 56.2 cm³/mol. The van der Waals surface area contributed by atoms with Crippen molar-refractivity contribution in [3.05, 3.63) is 35.9 Å². The maximum atomic E-state index is 11.5. The fourth-order valence-electron chi connectivity index (χ4n) is 1.87. The lowest BCUT2D eigenvalue weighted by atomic mass is 9.98. The van der Waals surface area contributed by atoms with Gasteiger partial charge in [-0.1, -0.05) is 30.3 Å². The van der Waals surface area contributed by atoms with E-state index < -0.39 is 0 Å². The predicted octanol–water partition coefficient (Wildman–Crippen LogP) is 1.55. The second-order valence-electron chi connectivity index (χ2n) is 3.76. The Hall–Kier alpha value is -1.64. The Balaban J connectivity index is 2.28. The SMILES string of the molecule is CC(=O)[C@@H](c1ccccc1)N1CCC1=O. The molecule has 3 heteroatoms. The Morgan fingerprint density at radius 2 is 2.00 bits per heavy atom. The minimum Gasteiger partial charge on any atom is -0.328 e. The van der Waals surface area contributed by atoms with E-state index in [9.17, 15) is 9.59 Å². The minimum atomic E-state index is -0.382. The van der Waals surface area contributed by atoms with Gasteiger partial charge in [0.15, 0.2) is 5.78 Å². The average Bonchev–Trinajstić information content (AvgIpc) is 2.24. The largest absolute Gasteiger partial charge is 0.328 e. The summed E-state index contributed by atoms with van der Waals surface area (Å²) in [5.74, 6) is 0.0910. The van der Waals surface area contributed by atoms with Crippen molar-refractivity contribution in [2.45, 2.75) is 19.4 Å². The molecule has 0 saturated carbocycles. The molecule has 0 spiro atoms. The number of carbonyl (C=O) groups is 2. The fourth-order valence-corrected chi connectivity index (χ4v) is 1.87. The number of β-lactam (4-membered cyclic amide) rings is 1. The highest BCUT2D eigenvalue weighted by molar-refractivity contribution is 5.91. The molecule has 1 saturated heterocycles. The first-order chi connectivity index (χ1) is 7.20. The van der Waals surface area contributed by atoms with E-state index in [0.717, 1.165) is 5.56 Å². The monoisotopic (exact) mass is 203 g/mol. The van der Waals surface area contributed by atoms with Gasteiger partial charge in [0, 0.05) is 13.0 Å². The molecule has 0 unspecified atom stereocenters. The molecule has 1 heterocycles. The Morgan fingerprint density at radius 3 is 2.40 bits per heavy atom. The third-order valence-electron chi connectivity index (χ3n) is 2.70. The number of Topliss-reactive ketones (excluding diaryl/α,β-unsaturated/α-hetero) is 1. The quantitative estimate of drug-likeness (QED) is 0.699. The first-order valence-electron chi connectivity index (χ1n) is 5.05. The van der Waals surface area contributed by atoms with Crippen molar-refractivity contribution in [1.29, 1.82) is 0 Å².